The molecule has 6 nitrogen and oxygen atoms in total. The van der Waals surface area contributed by atoms with Gasteiger partial charge in [-0.25, -0.2) is 5.43 Å². The third kappa shape index (κ3) is 8.46. The molecule has 1 atom stereocenters. The zero-order valence-electron chi connectivity index (χ0n) is 17.6. The molecule has 3 aromatic rings. The largest absolute Gasteiger partial charge is 0.484 e. The number of hydrogen-bond donors (Lipinski definition) is 2. The van der Waals surface area contributed by atoms with E-state index >= 15 is 0 Å². The van der Waals surface area contributed by atoms with Crippen molar-refractivity contribution in [1.29, 1.82) is 0 Å². The lowest BCUT2D eigenvalue weighted by molar-refractivity contribution is -0.120. The van der Waals surface area contributed by atoms with Crippen LogP contribution in [0.15, 0.2) is 82.8 Å². The standard InChI is InChI=1S/C24H21Cl2N3O3S/c1-16(33-22-11-7-18(25)8-12-22)24(31)29-27-14-17-5-9-21(10-6-17)32-15-23(30)28-20-4-2-3-19(26)13-20/h2-14,16H,15H2,1H3,(H,28,30)(H,29,31)/b27-14-/t16-/m0/s1. The van der Waals surface area contributed by atoms with Crippen LogP contribution in [0.1, 0.15) is 12.5 Å². The molecule has 3 rings (SSSR count). The summed E-state index contributed by atoms with van der Waals surface area (Å²) in [5.74, 6) is 0.0264. The summed E-state index contributed by atoms with van der Waals surface area (Å²) in [5, 5.41) is 7.58. The highest BCUT2D eigenvalue weighted by Crippen LogP contribution is 2.24. The predicted molar refractivity (Wildman–Crippen MR) is 135 cm³/mol. The van der Waals surface area contributed by atoms with Crippen molar-refractivity contribution in [3.05, 3.63) is 88.4 Å². The first-order chi connectivity index (χ1) is 15.9. The first-order valence-electron chi connectivity index (χ1n) is 9.92. The Hall–Kier alpha value is -3.00. The summed E-state index contributed by atoms with van der Waals surface area (Å²) in [4.78, 5) is 25.2. The van der Waals surface area contributed by atoms with Gasteiger partial charge in [-0.05, 0) is 79.2 Å². The van der Waals surface area contributed by atoms with E-state index in [1.807, 2.05) is 12.1 Å². The van der Waals surface area contributed by atoms with Gasteiger partial charge in [0, 0.05) is 20.6 Å². The average Bonchev–Trinajstić information content (AvgIpc) is 2.80. The van der Waals surface area contributed by atoms with E-state index in [-0.39, 0.29) is 23.7 Å². The molecule has 0 aliphatic heterocycles. The molecule has 2 N–H and O–H groups in total. The van der Waals surface area contributed by atoms with E-state index in [0.29, 0.717) is 21.5 Å². The van der Waals surface area contributed by atoms with Gasteiger partial charge in [0.25, 0.3) is 11.8 Å². The number of anilines is 1. The third-order valence-corrected chi connectivity index (χ3v) is 5.84. The molecule has 9 heteroatoms. The molecule has 0 bridgehead atoms. The van der Waals surface area contributed by atoms with E-state index in [2.05, 4.69) is 15.8 Å². The van der Waals surface area contributed by atoms with Crippen LogP contribution in [0.4, 0.5) is 5.69 Å². The summed E-state index contributed by atoms with van der Waals surface area (Å²) in [6.45, 7) is 1.66. The zero-order valence-corrected chi connectivity index (χ0v) is 20.0. The maximum Gasteiger partial charge on any atom is 0.262 e. The van der Waals surface area contributed by atoms with Crippen molar-refractivity contribution >= 4 is 58.7 Å². The van der Waals surface area contributed by atoms with Crippen molar-refractivity contribution in [2.75, 3.05) is 11.9 Å². The van der Waals surface area contributed by atoms with Gasteiger partial charge in [0.2, 0.25) is 0 Å². The molecular formula is C24H21Cl2N3O3S. The molecule has 3 aromatic carbocycles. The average molecular weight is 502 g/mol. The summed E-state index contributed by atoms with van der Waals surface area (Å²) in [6.07, 6.45) is 1.53. The van der Waals surface area contributed by atoms with E-state index in [1.165, 1.54) is 18.0 Å². The van der Waals surface area contributed by atoms with Gasteiger partial charge >= 0.3 is 0 Å². The monoisotopic (exact) mass is 501 g/mol. The molecule has 0 heterocycles. The summed E-state index contributed by atoms with van der Waals surface area (Å²) >= 11 is 13.2. The number of halogens is 2. The number of carbonyl (C=O) groups excluding carboxylic acids is 2. The quantitative estimate of drug-likeness (QED) is 0.226. The number of nitrogens with one attached hydrogen (secondary N) is 2. The molecule has 0 saturated carbocycles. The van der Waals surface area contributed by atoms with Crippen LogP contribution in [0.3, 0.4) is 0 Å². The van der Waals surface area contributed by atoms with Crippen LogP contribution in [0, 0.1) is 0 Å². The Balaban J connectivity index is 1.42. The second-order valence-corrected chi connectivity index (χ2v) is 9.15. The molecule has 33 heavy (non-hydrogen) atoms. The highest BCUT2D eigenvalue weighted by molar-refractivity contribution is 8.00. The Morgan fingerprint density at radius 3 is 2.45 bits per heavy atom. The number of carbonyl (C=O) groups is 2. The highest BCUT2D eigenvalue weighted by Gasteiger charge is 2.13. The van der Waals surface area contributed by atoms with Crippen molar-refractivity contribution < 1.29 is 14.3 Å². The van der Waals surface area contributed by atoms with Gasteiger partial charge in [0.15, 0.2) is 6.61 Å². The van der Waals surface area contributed by atoms with Gasteiger partial charge in [-0.3, -0.25) is 9.59 Å². The smallest absolute Gasteiger partial charge is 0.262 e. The van der Waals surface area contributed by atoms with Crippen LogP contribution >= 0.6 is 35.0 Å². The second-order valence-electron chi connectivity index (χ2n) is 6.86. The fourth-order valence-corrected chi connectivity index (χ4v) is 3.77. The van der Waals surface area contributed by atoms with Gasteiger partial charge in [-0.1, -0.05) is 29.3 Å². The van der Waals surface area contributed by atoms with E-state index < -0.39 is 0 Å². The van der Waals surface area contributed by atoms with Crippen LogP contribution in [0.5, 0.6) is 5.75 Å². The van der Waals surface area contributed by atoms with Crippen molar-refractivity contribution in [2.24, 2.45) is 5.10 Å². The number of ether oxygens (including phenoxy) is 1. The topological polar surface area (TPSA) is 79.8 Å². The number of benzene rings is 3. The molecule has 0 aliphatic carbocycles. The number of amides is 2. The normalized spacial score (nSPS) is 11.7. The second kappa shape index (κ2) is 12.3. The Morgan fingerprint density at radius 2 is 1.76 bits per heavy atom. The lowest BCUT2D eigenvalue weighted by Gasteiger charge is -2.09. The van der Waals surface area contributed by atoms with Crippen LogP contribution < -0.4 is 15.5 Å². The van der Waals surface area contributed by atoms with Crippen molar-refractivity contribution in [3.8, 4) is 5.75 Å². The van der Waals surface area contributed by atoms with Gasteiger partial charge in [0.1, 0.15) is 5.75 Å². The summed E-state index contributed by atoms with van der Waals surface area (Å²) < 4.78 is 5.49. The third-order valence-electron chi connectivity index (χ3n) is 4.24. The lowest BCUT2D eigenvalue weighted by atomic mass is 10.2. The van der Waals surface area contributed by atoms with Crippen LogP contribution in [0.2, 0.25) is 10.0 Å². The number of nitrogens with zero attached hydrogens (tertiary/aromatic N) is 1. The van der Waals surface area contributed by atoms with Crippen molar-refractivity contribution in [1.82, 2.24) is 5.43 Å². The summed E-state index contributed by atoms with van der Waals surface area (Å²) in [6, 6.07) is 21.1. The SMILES string of the molecule is C[C@H](Sc1ccc(Cl)cc1)C(=O)N/N=C\c1ccc(OCC(=O)Nc2cccc(Cl)c2)cc1. The molecule has 170 valence electrons. The fraction of sp³-hybridized carbons (Fsp3) is 0.125. The minimum absolute atomic E-state index is 0.140. The molecule has 0 aliphatic rings. The number of hydrazone groups is 1. The Bertz CT molecular complexity index is 1120. The number of thioether (sulfide) groups is 1. The molecule has 0 unspecified atom stereocenters. The van der Waals surface area contributed by atoms with Gasteiger partial charge in [-0.2, -0.15) is 5.10 Å². The summed E-state index contributed by atoms with van der Waals surface area (Å²) in [7, 11) is 0. The van der Waals surface area contributed by atoms with E-state index in [4.69, 9.17) is 27.9 Å². The van der Waals surface area contributed by atoms with Gasteiger partial charge in [-0.15, -0.1) is 11.8 Å². The van der Waals surface area contributed by atoms with E-state index in [0.717, 1.165) is 10.5 Å². The van der Waals surface area contributed by atoms with E-state index in [9.17, 15) is 9.59 Å². The molecule has 0 saturated heterocycles. The molecule has 0 radical (unpaired) electrons. The predicted octanol–water partition coefficient (Wildman–Crippen LogP) is 5.64. The first-order valence-corrected chi connectivity index (χ1v) is 11.6. The number of hydrogen-bond acceptors (Lipinski definition) is 5. The molecule has 0 spiro atoms. The minimum Gasteiger partial charge on any atom is -0.484 e. The Morgan fingerprint density at radius 1 is 1.03 bits per heavy atom. The lowest BCUT2D eigenvalue weighted by Crippen LogP contribution is -2.26. The Kier molecular flexibility index (Phi) is 9.18. The first kappa shape index (κ1) is 24.6. The van der Waals surface area contributed by atoms with Crippen molar-refractivity contribution in [3.63, 3.8) is 0 Å². The van der Waals surface area contributed by atoms with E-state index in [1.54, 1.807) is 67.6 Å². The maximum absolute atomic E-state index is 12.2. The van der Waals surface area contributed by atoms with Crippen LogP contribution in [0.25, 0.3) is 0 Å². The van der Waals surface area contributed by atoms with Gasteiger partial charge in [0.05, 0.1) is 11.5 Å². The maximum atomic E-state index is 12.2. The Labute approximate surface area is 206 Å². The van der Waals surface area contributed by atoms with Gasteiger partial charge < -0.3 is 10.1 Å². The minimum atomic E-state index is -0.322. The van der Waals surface area contributed by atoms with Crippen LogP contribution in [-0.2, 0) is 9.59 Å². The summed E-state index contributed by atoms with van der Waals surface area (Å²) in [5.41, 5.74) is 3.90. The van der Waals surface area contributed by atoms with Crippen LogP contribution in [-0.4, -0.2) is 29.9 Å². The molecule has 0 aromatic heterocycles. The zero-order chi connectivity index (χ0) is 23.6. The molecular weight excluding hydrogens is 481 g/mol. The van der Waals surface area contributed by atoms with Crippen molar-refractivity contribution in [2.45, 2.75) is 17.1 Å². The molecule has 2 amide bonds. The number of rotatable bonds is 9. The highest BCUT2D eigenvalue weighted by atomic mass is 35.5. The molecule has 0 fully saturated rings. The fourth-order valence-electron chi connectivity index (χ4n) is 2.59.